The van der Waals surface area contributed by atoms with Gasteiger partial charge in [-0.15, -0.1) is 0 Å². The molecule has 0 radical (unpaired) electrons. The van der Waals surface area contributed by atoms with E-state index in [9.17, 15) is 0 Å². The third-order valence-corrected chi connectivity index (χ3v) is 5.00. The molecule has 0 saturated carbocycles. The van der Waals surface area contributed by atoms with Crippen molar-refractivity contribution in [1.29, 1.82) is 0 Å². The van der Waals surface area contributed by atoms with Gasteiger partial charge in [0.1, 0.15) is 5.76 Å². The summed E-state index contributed by atoms with van der Waals surface area (Å²) in [6, 6.07) is 0. The molecule has 0 N–H and O–H groups in total. The van der Waals surface area contributed by atoms with Gasteiger partial charge in [-0.2, -0.15) is 4.89 Å². The summed E-state index contributed by atoms with van der Waals surface area (Å²) in [5.41, 5.74) is 0. The van der Waals surface area contributed by atoms with Crippen molar-refractivity contribution >= 4 is 0 Å². The second-order valence-electron chi connectivity index (χ2n) is 7.96. The molecule has 0 spiro atoms. The molecule has 0 aliphatic carbocycles. The highest BCUT2D eigenvalue weighted by Gasteiger charge is 2.00. The molecule has 0 heterocycles. The van der Waals surface area contributed by atoms with E-state index in [-0.39, 0.29) is 18.8 Å². The Kier molecular flexibility index (Phi) is 29.4. The molecule has 0 unspecified atom stereocenters. The van der Waals surface area contributed by atoms with E-state index in [2.05, 4.69) is 63.4 Å². The highest BCUT2D eigenvalue weighted by molar-refractivity contribution is 4.79. The summed E-state index contributed by atoms with van der Waals surface area (Å²) in [4.78, 5) is 18.1. The van der Waals surface area contributed by atoms with E-state index in [0.717, 1.165) is 12.8 Å². The second-order valence-corrected chi connectivity index (χ2v) is 7.96. The Balaban J connectivity index is 3.05. The van der Waals surface area contributed by atoms with Crippen molar-refractivity contribution in [3.63, 3.8) is 0 Å². The fraction of sp³-hybridized carbons (Fsp3) is 0.913. The highest BCUT2D eigenvalue weighted by atomic mass is 17.9. The lowest BCUT2D eigenvalue weighted by atomic mass is 10.0. The molecular formula is C23H46O11. The fourth-order valence-corrected chi connectivity index (χ4v) is 3.14. The van der Waals surface area contributed by atoms with Crippen LogP contribution >= 0.6 is 0 Å². The standard InChI is InChI=1S/C23H46O11/c1-4-5-6-7-8-9-10-11-12-13-14-15-16-17-18-19-21-25-29-31-33-34-32-30-26-22-20-23(2)27-28-24-3/h2,4-22H2,1,3H3. The summed E-state index contributed by atoms with van der Waals surface area (Å²) in [5.74, 6) is 0.251. The maximum absolute atomic E-state index is 4.76. The lowest BCUT2D eigenvalue weighted by molar-refractivity contribution is -0.813. The summed E-state index contributed by atoms with van der Waals surface area (Å²) < 4.78 is 0. The van der Waals surface area contributed by atoms with Gasteiger partial charge in [0.2, 0.25) is 0 Å². The summed E-state index contributed by atoms with van der Waals surface area (Å²) in [5, 5.41) is 28.7. The monoisotopic (exact) mass is 498 g/mol. The largest absolute Gasteiger partial charge is 0.313 e. The summed E-state index contributed by atoms with van der Waals surface area (Å²) in [6.07, 6.45) is 21.2. The molecule has 204 valence electrons. The maximum Gasteiger partial charge on any atom is 0.141 e. The molecular weight excluding hydrogens is 452 g/mol. The third kappa shape index (κ3) is 29.2. The minimum Gasteiger partial charge on any atom is -0.313 e. The topological polar surface area (TPSA) is 102 Å². The van der Waals surface area contributed by atoms with Crippen molar-refractivity contribution in [1.82, 2.24) is 0 Å². The van der Waals surface area contributed by atoms with E-state index >= 15 is 0 Å². The number of unbranched alkanes of at least 4 members (excludes halogenated alkanes) is 15. The number of rotatable bonds is 30. The van der Waals surface area contributed by atoms with E-state index in [1.54, 1.807) is 0 Å². The predicted octanol–water partition coefficient (Wildman–Crippen LogP) is 7.20. The van der Waals surface area contributed by atoms with Crippen LogP contribution in [0.3, 0.4) is 0 Å². The van der Waals surface area contributed by atoms with E-state index < -0.39 is 0 Å². The molecule has 0 aliphatic rings. The average Bonchev–Trinajstić information content (AvgIpc) is 2.84. The molecule has 0 rings (SSSR count). The van der Waals surface area contributed by atoms with Gasteiger partial charge in [0.15, 0.2) is 0 Å². The van der Waals surface area contributed by atoms with Gasteiger partial charge in [-0.25, -0.2) is 9.78 Å². The molecule has 0 amide bonds. The first-order valence-corrected chi connectivity index (χ1v) is 12.6. The summed E-state index contributed by atoms with van der Waals surface area (Å²) in [7, 11) is 1.29. The van der Waals surface area contributed by atoms with Crippen molar-refractivity contribution in [2.45, 2.75) is 116 Å². The minimum atomic E-state index is 0.0368. The first-order valence-electron chi connectivity index (χ1n) is 12.6. The smallest absolute Gasteiger partial charge is 0.141 e. The highest BCUT2D eigenvalue weighted by Crippen LogP contribution is 2.13. The molecule has 0 bridgehead atoms. The van der Waals surface area contributed by atoms with Gasteiger partial charge in [-0.1, -0.05) is 110 Å². The zero-order valence-electron chi connectivity index (χ0n) is 21.1. The molecule has 11 heteroatoms. The van der Waals surface area contributed by atoms with Crippen LogP contribution < -0.4 is 0 Å². The maximum atomic E-state index is 4.76. The van der Waals surface area contributed by atoms with Gasteiger partial charge in [0, 0.05) is 6.42 Å². The van der Waals surface area contributed by atoms with Crippen LogP contribution in [0.1, 0.15) is 116 Å². The summed E-state index contributed by atoms with van der Waals surface area (Å²) in [6.45, 7) is 6.19. The molecule has 0 aromatic carbocycles. The number of hydrogen-bond donors (Lipinski definition) is 0. The Hall–Kier alpha value is -0.860. The second kappa shape index (κ2) is 30.2. The zero-order valence-corrected chi connectivity index (χ0v) is 21.1. The molecule has 0 aliphatic heterocycles. The molecule has 0 aromatic heterocycles. The minimum absolute atomic E-state index is 0.0368. The van der Waals surface area contributed by atoms with E-state index in [1.807, 2.05) is 0 Å². The molecule has 0 aromatic rings. The summed E-state index contributed by atoms with van der Waals surface area (Å²) >= 11 is 0. The number of hydrogen-bond acceptors (Lipinski definition) is 11. The van der Waals surface area contributed by atoms with Crippen LogP contribution in [0, 0.1) is 0 Å². The molecule has 11 nitrogen and oxygen atoms in total. The third-order valence-electron chi connectivity index (χ3n) is 5.00. The van der Waals surface area contributed by atoms with Crippen molar-refractivity contribution in [3.05, 3.63) is 12.3 Å². The Morgan fingerprint density at radius 3 is 1.38 bits per heavy atom. The van der Waals surface area contributed by atoms with Crippen molar-refractivity contribution < 1.29 is 54.8 Å². The molecule has 0 atom stereocenters. The molecule has 34 heavy (non-hydrogen) atoms. The first kappa shape index (κ1) is 33.1. The SMILES string of the molecule is C=C(CCOOOOOOOOCCCCCCCCCCCCCCCCCC)OOOC. The van der Waals surface area contributed by atoms with Crippen LogP contribution in [-0.2, 0) is 54.8 Å². The van der Waals surface area contributed by atoms with E-state index in [1.165, 1.54) is 97.0 Å². The quantitative estimate of drug-likeness (QED) is 0.0435. The zero-order chi connectivity index (χ0) is 24.8. The molecule has 0 saturated heterocycles. The Morgan fingerprint density at radius 2 is 0.912 bits per heavy atom. The van der Waals surface area contributed by atoms with Crippen LogP contribution in [0.5, 0.6) is 0 Å². The van der Waals surface area contributed by atoms with Gasteiger partial charge >= 0.3 is 0 Å². The Labute approximate surface area is 204 Å². The van der Waals surface area contributed by atoms with Crippen molar-refractivity contribution in [2.75, 3.05) is 20.3 Å². The van der Waals surface area contributed by atoms with Gasteiger partial charge in [0.25, 0.3) is 0 Å². The Bertz CT molecular complexity index is 399. The molecule has 0 fully saturated rings. The van der Waals surface area contributed by atoms with E-state index in [4.69, 9.17) is 4.89 Å². The van der Waals surface area contributed by atoms with Crippen molar-refractivity contribution in [2.24, 2.45) is 0 Å². The van der Waals surface area contributed by atoms with Crippen LogP contribution in [0.2, 0.25) is 0 Å². The normalized spacial score (nSPS) is 11.2. The van der Waals surface area contributed by atoms with Crippen LogP contribution in [0.15, 0.2) is 12.3 Å². The van der Waals surface area contributed by atoms with Gasteiger partial charge in [-0.05, 0) is 41.7 Å². The van der Waals surface area contributed by atoms with Gasteiger partial charge in [0.05, 0.1) is 20.3 Å². The van der Waals surface area contributed by atoms with E-state index in [0.29, 0.717) is 6.61 Å². The lowest BCUT2D eigenvalue weighted by Gasteiger charge is -2.04. The lowest BCUT2D eigenvalue weighted by Crippen LogP contribution is -2.04. The van der Waals surface area contributed by atoms with Gasteiger partial charge < -0.3 is 4.89 Å². The average molecular weight is 499 g/mol. The van der Waals surface area contributed by atoms with Crippen LogP contribution in [0.25, 0.3) is 0 Å². The van der Waals surface area contributed by atoms with Crippen molar-refractivity contribution in [3.8, 4) is 0 Å². The first-order chi connectivity index (χ1) is 16.8. The van der Waals surface area contributed by atoms with Crippen LogP contribution in [-0.4, -0.2) is 20.3 Å². The van der Waals surface area contributed by atoms with Crippen LogP contribution in [0.4, 0.5) is 0 Å². The Morgan fingerprint density at radius 1 is 0.500 bits per heavy atom. The predicted molar refractivity (Wildman–Crippen MR) is 121 cm³/mol. The van der Waals surface area contributed by atoms with Gasteiger partial charge in [-0.3, -0.25) is 0 Å². The fourth-order valence-electron chi connectivity index (χ4n) is 3.14.